The van der Waals surface area contributed by atoms with E-state index >= 15 is 0 Å². The van der Waals surface area contributed by atoms with Crippen LogP contribution in [0.5, 0.6) is 5.75 Å². The molecule has 0 aliphatic carbocycles. The second-order valence-corrected chi connectivity index (χ2v) is 7.40. The topological polar surface area (TPSA) is 50.8 Å². The predicted molar refractivity (Wildman–Crippen MR) is 95.6 cm³/mol. The highest BCUT2D eigenvalue weighted by atomic mass is 16.5. The molecule has 136 valence electrons. The highest BCUT2D eigenvalue weighted by Gasteiger charge is 2.53. The lowest BCUT2D eigenvalue weighted by Gasteiger charge is -2.25. The molecule has 3 heterocycles. The Kier molecular flexibility index (Phi) is 4.59. The number of urea groups is 1. The number of benzene rings is 1. The molecule has 1 aromatic carbocycles. The van der Waals surface area contributed by atoms with Gasteiger partial charge in [-0.1, -0.05) is 25.1 Å². The minimum Gasteiger partial charge on any atom is -0.494 e. The molecule has 5 atom stereocenters. The minimum absolute atomic E-state index is 0.0244. The summed E-state index contributed by atoms with van der Waals surface area (Å²) in [7, 11) is 0. The molecule has 2 bridgehead atoms. The summed E-state index contributed by atoms with van der Waals surface area (Å²) in [6.45, 7) is 6.37. The number of hydrogen-bond acceptors (Lipinski definition) is 3. The van der Waals surface area contributed by atoms with Gasteiger partial charge >= 0.3 is 6.03 Å². The van der Waals surface area contributed by atoms with Crippen molar-refractivity contribution in [1.82, 2.24) is 10.2 Å². The van der Waals surface area contributed by atoms with Crippen LogP contribution in [0, 0.1) is 11.8 Å². The van der Waals surface area contributed by atoms with Crippen molar-refractivity contribution in [2.24, 2.45) is 11.8 Å². The van der Waals surface area contributed by atoms with Crippen LogP contribution in [0.1, 0.15) is 44.7 Å². The quantitative estimate of drug-likeness (QED) is 0.891. The summed E-state index contributed by atoms with van der Waals surface area (Å²) in [6, 6.07) is 8.02. The van der Waals surface area contributed by atoms with Gasteiger partial charge in [0.15, 0.2) is 0 Å². The number of carbonyl (C=O) groups is 1. The molecule has 0 unspecified atom stereocenters. The number of hydrogen-bond donors (Lipinski definition) is 1. The minimum atomic E-state index is -0.0244. The Bertz CT molecular complexity index is 617. The lowest BCUT2D eigenvalue weighted by molar-refractivity contribution is 0.0737. The van der Waals surface area contributed by atoms with Crippen LogP contribution in [-0.2, 0) is 4.74 Å². The fourth-order valence-electron chi connectivity index (χ4n) is 4.82. The molecule has 1 aromatic rings. The van der Waals surface area contributed by atoms with Crippen LogP contribution in [0.25, 0.3) is 0 Å². The van der Waals surface area contributed by atoms with E-state index in [0.717, 1.165) is 30.8 Å². The molecule has 0 aromatic heterocycles. The second kappa shape index (κ2) is 6.87. The molecule has 0 radical (unpaired) electrons. The molecule has 5 nitrogen and oxygen atoms in total. The number of fused-ring (bicyclic) bond motifs is 5. The van der Waals surface area contributed by atoms with Crippen molar-refractivity contribution in [3.05, 3.63) is 29.8 Å². The first-order valence-corrected chi connectivity index (χ1v) is 9.63. The van der Waals surface area contributed by atoms with Crippen molar-refractivity contribution < 1.29 is 14.3 Å². The summed E-state index contributed by atoms with van der Waals surface area (Å²) in [5.41, 5.74) is 1.06. The largest absolute Gasteiger partial charge is 0.494 e. The van der Waals surface area contributed by atoms with Gasteiger partial charge in [-0.25, -0.2) is 4.79 Å². The van der Waals surface area contributed by atoms with E-state index in [2.05, 4.69) is 12.2 Å². The maximum absolute atomic E-state index is 12.9. The molecule has 4 rings (SSSR count). The van der Waals surface area contributed by atoms with Gasteiger partial charge in [0.05, 0.1) is 24.9 Å². The summed E-state index contributed by atoms with van der Waals surface area (Å²) < 4.78 is 11.7. The van der Waals surface area contributed by atoms with Crippen LogP contribution < -0.4 is 10.1 Å². The van der Waals surface area contributed by atoms with E-state index in [9.17, 15) is 4.79 Å². The number of amides is 2. The van der Waals surface area contributed by atoms with Gasteiger partial charge in [-0.3, -0.25) is 0 Å². The molecule has 2 amide bonds. The molecule has 3 aliphatic heterocycles. The van der Waals surface area contributed by atoms with Gasteiger partial charge in [-0.2, -0.15) is 0 Å². The third-order valence-electron chi connectivity index (χ3n) is 6.04. The Balaban J connectivity index is 1.43. The highest BCUT2D eigenvalue weighted by molar-refractivity contribution is 5.75. The Morgan fingerprint density at radius 3 is 2.56 bits per heavy atom. The normalized spacial score (nSPS) is 31.0. The number of nitrogens with zero attached hydrogens (tertiary/aromatic N) is 1. The number of para-hydroxylation sites is 1. The number of ether oxygens (including phenoxy) is 2. The van der Waals surface area contributed by atoms with Crippen molar-refractivity contribution in [1.29, 1.82) is 0 Å². The molecule has 3 fully saturated rings. The molecule has 5 heteroatoms. The number of rotatable bonds is 5. The standard InChI is InChI=1S/C20H28N2O3/c1-3-16(13-7-5-6-8-17(13)24-4-2)21-20(23)22-11-14-15(12-22)19-10-9-18(14)25-19/h5-8,14-16,18-19H,3-4,9-12H2,1-2H3,(H,21,23)/t14-,15+,16-,18+,19+/m0/s1. The molecule has 25 heavy (non-hydrogen) atoms. The highest BCUT2D eigenvalue weighted by Crippen LogP contribution is 2.47. The van der Waals surface area contributed by atoms with E-state index < -0.39 is 0 Å². The fraction of sp³-hybridized carbons (Fsp3) is 0.650. The molecule has 3 aliphatic rings. The van der Waals surface area contributed by atoms with Crippen molar-refractivity contribution in [2.75, 3.05) is 19.7 Å². The van der Waals surface area contributed by atoms with Crippen molar-refractivity contribution in [2.45, 2.75) is 51.4 Å². The van der Waals surface area contributed by atoms with Crippen LogP contribution in [0.3, 0.4) is 0 Å². The van der Waals surface area contributed by atoms with Gasteiger partial charge in [0, 0.05) is 30.5 Å². The van der Waals surface area contributed by atoms with Crippen LogP contribution in [0.15, 0.2) is 24.3 Å². The summed E-state index contributed by atoms with van der Waals surface area (Å²) in [6.07, 6.45) is 3.94. The van der Waals surface area contributed by atoms with Gasteiger partial charge < -0.3 is 19.7 Å². The van der Waals surface area contributed by atoms with Crippen molar-refractivity contribution >= 4 is 6.03 Å². The molecular weight excluding hydrogens is 316 g/mol. The van der Waals surface area contributed by atoms with Crippen LogP contribution in [-0.4, -0.2) is 42.8 Å². The summed E-state index contributed by atoms with van der Waals surface area (Å²) in [4.78, 5) is 14.9. The molecule has 3 saturated heterocycles. The Labute approximate surface area is 149 Å². The van der Waals surface area contributed by atoms with Crippen molar-refractivity contribution in [3.63, 3.8) is 0 Å². The van der Waals surface area contributed by atoms with Crippen LogP contribution in [0.2, 0.25) is 0 Å². The zero-order valence-electron chi connectivity index (χ0n) is 15.1. The number of likely N-dealkylation sites (tertiary alicyclic amines) is 1. The lowest BCUT2D eigenvalue weighted by Crippen LogP contribution is -2.41. The zero-order chi connectivity index (χ0) is 17.4. The van der Waals surface area contributed by atoms with E-state index in [1.165, 1.54) is 12.8 Å². The molecular formula is C20H28N2O3. The average molecular weight is 344 g/mol. The molecule has 0 saturated carbocycles. The monoisotopic (exact) mass is 344 g/mol. The average Bonchev–Trinajstić information content (AvgIpc) is 3.33. The van der Waals surface area contributed by atoms with Gasteiger partial charge in [-0.15, -0.1) is 0 Å². The first kappa shape index (κ1) is 16.7. The lowest BCUT2D eigenvalue weighted by atomic mass is 9.82. The van der Waals surface area contributed by atoms with E-state index in [1.807, 2.05) is 36.1 Å². The van der Waals surface area contributed by atoms with Crippen LogP contribution in [0.4, 0.5) is 4.79 Å². The van der Waals surface area contributed by atoms with Crippen molar-refractivity contribution in [3.8, 4) is 5.75 Å². The van der Waals surface area contributed by atoms with Gasteiger partial charge in [0.1, 0.15) is 5.75 Å². The van der Waals surface area contributed by atoms with Crippen LogP contribution >= 0.6 is 0 Å². The predicted octanol–water partition coefficient (Wildman–Crippen LogP) is 3.36. The second-order valence-electron chi connectivity index (χ2n) is 7.40. The smallest absolute Gasteiger partial charge is 0.317 e. The number of carbonyl (C=O) groups excluding carboxylic acids is 1. The van der Waals surface area contributed by atoms with E-state index in [-0.39, 0.29) is 12.1 Å². The third kappa shape index (κ3) is 2.99. The van der Waals surface area contributed by atoms with E-state index in [4.69, 9.17) is 9.47 Å². The van der Waals surface area contributed by atoms with E-state index in [1.54, 1.807) is 0 Å². The summed E-state index contributed by atoms with van der Waals surface area (Å²) >= 11 is 0. The first-order valence-electron chi connectivity index (χ1n) is 9.63. The SMILES string of the molecule is CCOc1ccccc1[C@H](CC)NC(=O)N1C[C@@H]2[C@H](C1)[C@H]1CC[C@H]2O1. The van der Waals surface area contributed by atoms with Gasteiger partial charge in [-0.05, 0) is 32.3 Å². The Morgan fingerprint density at radius 2 is 1.92 bits per heavy atom. The summed E-state index contributed by atoms with van der Waals surface area (Å²) in [5, 5.41) is 3.23. The van der Waals surface area contributed by atoms with Gasteiger partial charge in [0.2, 0.25) is 0 Å². The third-order valence-corrected chi connectivity index (χ3v) is 6.04. The zero-order valence-corrected chi connectivity index (χ0v) is 15.1. The molecule has 0 spiro atoms. The Hall–Kier alpha value is -1.75. The molecule has 1 N–H and O–H groups in total. The Morgan fingerprint density at radius 1 is 1.24 bits per heavy atom. The fourth-order valence-corrected chi connectivity index (χ4v) is 4.82. The summed E-state index contributed by atoms with van der Waals surface area (Å²) in [5.74, 6) is 1.95. The van der Waals surface area contributed by atoms with E-state index in [0.29, 0.717) is 30.7 Å². The number of nitrogens with one attached hydrogen (secondary N) is 1. The first-order chi connectivity index (χ1) is 12.2. The maximum Gasteiger partial charge on any atom is 0.317 e. The maximum atomic E-state index is 12.9. The van der Waals surface area contributed by atoms with Gasteiger partial charge in [0.25, 0.3) is 0 Å².